The molecule has 25 heavy (non-hydrogen) atoms. The summed E-state index contributed by atoms with van der Waals surface area (Å²) in [5, 5.41) is 2.57. The summed E-state index contributed by atoms with van der Waals surface area (Å²) < 4.78 is 0. The number of piperidine rings is 1. The van der Waals surface area contributed by atoms with E-state index in [2.05, 4.69) is 23.6 Å². The molecule has 0 saturated carbocycles. The number of para-hydroxylation sites is 1. The summed E-state index contributed by atoms with van der Waals surface area (Å²) in [5.74, 6) is 0. The Morgan fingerprint density at radius 3 is 2.32 bits per heavy atom. The van der Waals surface area contributed by atoms with E-state index in [0.717, 1.165) is 16.8 Å². The summed E-state index contributed by atoms with van der Waals surface area (Å²) in [4.78, 5) is 12.9. The molecule has 1 aliphatic heterocycles. The molecule has 0 unspecified atom stereocenters. The maximum Gasteiger partial charge on any atom is 2.00 e. The van der Waals surface area contributed by atoms with Crippen molar-refractivity contribution in [2.75, 3.05) is 25.0 Å². The van der Waals surface area contributed by atoms with Crippen molar-refractivity contribution in [2.45, 2.75) is 26.2 Å². The predicted octanol–water partition coefficient (Wildman–Crippen LogP) is 4.53. The van der Waals surface area contributed by atoms with Crippen LogP contribution in [-0.2, 0) is 25.9 Å². The zero-order valence-corrected chi connectivity index (χ0v) is 17.7. The first-order valence-corrected chi connectivity index (χ1v) is 8.66. The van der Waals surface area contributed by atoms with Gasteiger partial charge in [0.1, 0.15) is 0 Å². The number of hydrogen-bond donors (Lipinski definition) is 1. The number of benzene rings is 2. The Morgan fingerprint density at radius 2 is 1.68 bits per heavy atom. The fraction of sp³-hybridized carbons (Fsp3) is 0.333. The second kappa shape index (κ2) is 12.9. The van der Waals surface area contributed by atoms with Crippen LogP contribution in [0.5, 0.6) is 0 Å². The third-order valence-corrected chi connectivity index (χ3v) is 4.04. The Hall–Kier alpha value is -1.44. The number of hydrogen-bond acceptors (Lipinski definition) is 2. The van der Waals surface area contributed by atoms with Crippen molar-refractivity contribution in [3.63, 3.8) is 0 Å². The van der Waals surface area contributed by atoms with Crippen LogP contribution in [0.25, 0.3) is 11.1 Å². The van der Waals surface area contributed by atoms with Gasteiger partial charge in [0.2, 0.25) is 0 Å². The van der Waals surface area contributed by atoms with Gasteiger partial charge in [-0.25, -0.2) is 0 Å². The molecule has 0 bridgehead atoms. The van der Waals surface area contributed by atoms with E-state index in [1.54, 1.807) is 6.41 Å². The van der Waals surface area contributed by atoms with Gasteiger partial charge in [-0.3, -0.25) is 0 Å². The van der Waals surface area contributed by atoms with Crippen LogP contribution in [0.3, 0.4) is 0 Å². The molecule has 0 radical (unpaired) electrons. The molecule has 2 aromatic carbocycles. The van der Waals surface area contributed by atoms with Gasteiger partial charge in [0.25, 0.3) is 0 Å². The zero-order chi connectivity index (χ0) is 17.0. The molecule has 3 rings (SSSR count). The van der Waals surface area contributed by atoms with E-state index in [0.29, 0.717) is 0 Å². The average Bonchev–Trinajstić information content (AvgIpc) is 2.65. The van der Waals surface area contributed by atoms with Crippen molar-refractivity contribution < 1.29 is 25.9 Å². The largest absolute Gasteiger partial charge is 2.00 e. The minimum atomic E-state index is 0. The number of anilines is 1. The summed E-state index contributed by atoms with van der Waals surface area (Å²) in [6.45, 7) is 6.15. The van der Waals surface area contributed by atoms with Gasteiger partial charge in [-0.2, -0.15) is 12.8 Å². The molecule has 1 heterocycles. The number of nitrogens with zero attached hydrogens (tertiary/aromatic N) is 1. The molecule has 1 N–H and O–H groups in total. The van der Waals surface area contributed by atoms with E-state index in [9.17, 15) is 4.79 Å². The second-order valence-corrected chi connectivity index (χ2v) is 5.85. The van der Waals surface area contributed by atoms with Gasteiger partial charge < -0.3 is 21.4 Å². The smallest absolute Gasteiger partial charge is 0.490 e. The molecule has 132 valence electrons. The third kappa shape index (κ3) is 7.54. The van der Waals surface area contributed by atoms with Crippen LogP contribution in [0.15, 0.2) is 54.6 Å². The van der Waals surface area contributed by atoms with E-state index in [1.807, 2.05) is 54.6 Å². The first-order valence-electron chi connectivity index (χ1n) is 8.66. The molecule has 1 amide bonds. The van der Waals surface area contributed by atoms with Crippen molar-refractivity contribution in [1.29, 1.82) is 0 Å². The molecule has 0 aliphatic carbocycles. The molecule has 1 fully saturated rings. The van der Waals surface area contributed by atoms with Crippen molar-refractivity contribution in [2.24, 2.45) is 0 Å². The van der Waals surface area contributed by atoms with Crippen LogP contribution in [-0.4, -0.2) is 30.9 Å². The first-order chi connectivity index (χ1) is 11.8. The van der Waals surface area contributed by atoms with Crippen LogP contribution in [0.4, 0.5) is 5.69 Å². The molecule has 1 aliphatic rings. The number of carbonyl (C=O) groups excluding carboxylic acids is 1. The van der Waals surface area contributed by atoms with Gasteiger partial charge in [0, 0.05) is 0 Å². The topological polar surface area (TPSA) is 32.3 Å². The number of rotatable bonds is 5. The Kier molecular flexibility index (Phi) is 11.1. The van der Waals surface area contributed by atoms with E-state index in [4.69, 9.17) is 0 Å². The summed E-state index contributed by atoms with van der Waals surface area (Å²) in [5.41, 5.74) is 2.86. The predicted molar refractivity (Wildman–Crippen MR) is 101 cm³/mol. The van der Waals surface area contributed by atoms with E-state index in [1.165, 1.54) is 38.9 Å². The molecular weight excluding hydrogens is 480 g/mol. The minimum absolute atomic E-state index is 0. The van der Waals surface area contributed by atoms with Gasteiger partial charge in [-0.1, -0.05) is 61.0 Å². The molecule has 2 aromatic rings. The van der Waals surface area contributed by atoms with Crippen LogP contribution in [0, 0.1) is 6.42 Å². The molecule has 4 heteroatoms. The van der Waals surface area contributed by atoms with E-state index >= 15 is 0 Å². The Balaban J connectivity index is 0.000000270. The Morgan fingerprint density at radius 1 is 1.04 bits per heavy atom. The summed E-state index contributed by atoms with van der Waals surface area (Å²) >= 11 is 0. The van der Waals surface area contributed by atoms with Crippen LogP contribution in [0.2, 0.25) is 0 Å². The van der Waals surface area contributed by atoms with Crippen LogP contribution >= 0.6 is 0 Å². The van der Waals surface area contributed by atoms with Gasteiger partial charge in [0.05, 0.1) is 6.41 Å². The molecule has 0 aromatic heterocycles. The van der Waals surface area contributed by atoms with Crippen LogP contribution in [0.1, 0.15) is 26.2 Å². The van der Waals surface area contributed by atoms with E-state index in [-0.39, 0.29) is 21.1 Å². The van der Waals surface area contributed by atoms with Crippen molar-refractivity contribution in [3.05, 3.63) is 61.0 Å². The van der Waals surface area contributed by atoms with E-state index < -0.39 is 0 Å². The zero-order valence-electron chi connectivity index (χ0n) is 14.8. The first kappa shape index (κ1) is 21.6. The maximum atomic E-state index is 10.3. The summed E-state index contributed by atoms with van der Waals surface area (Å²) in [7, 11) is 0. The molecular formula is C21H26N2OW. The number of amides is 1. The third-order valence-electron chi connectivity index (χ3n) is 4.04. The minimum Gasteiger partial charge on any atom is -0.490 e. The van der Waals surface area contributed by atoms with Gasteiger partial charge in [-0.15, -0.1) is 11.8 Å². The number of nitrogens with one attached hydrogen (secondary N) is 1. The standard InChI is InChI=1S/C13H10NO.C8H16N.W/c15-10-14-13-9-5-4-8-12(13)11-6-2-1-3-7-11;1-2-6-9-7-4-3-5-8-9;/h1-9H,(H,14,15);3H,2,4-8H2,1H3;/q2*-1;+2. The molecule has 1 saturated heterocycles. The quantitative estimate of drug-likeness (QED) is 0.478. The van der Waals surface area contributed by atoms with Crippen LogP contribution < -0.4 is 5.32 Å². The average molecular weight is 506 g/mol. The molecule has 0 atom stereocenters. The van der Waals surface area contributed by atoms with Crippen molar-refractivity contribution in [3.8, 4) is 11.1 Å². The fourth-order valence-corrected chi connectivity index (χ4v) is 2.86. The number of likely N-dealkylation sites (tertiary alicyclic amines) is 1. The van der Waals surface area contributed by atoms with Crippen molar-refractivity contribution >= 4 is 12.1 Å². The second-order valence-electron chi connectivity index (χ2n) is 5.85. The van der Waals surface area contributed by atoms with Gasteiger partial charge in [0.15, 0.2) is 0 Å². The maximum absolute atomic E-state index is 10.3. The summed E-state index contributed by atoms with van der Waals surface area (Å²) in [6, 6.07) is 17.6. The normalized spacial score (nSPS) is 13.8. The Bertz CT molecular complexity index is 595. The molecule has 3 nitrogen and oxygen atoms in total. The molecule has 0 spiro atoms. The van der Waals surface area contributed by atoms with Crippen molar-refractivity contribution in [1.82, 2.24) is 4.90 Å². The SMILES string of the molecule is CCCN1CC[CH-]CC1.O=[C-]Nc1ccccc1-c1ccccc1.[W+2]. The van der Waals surface area contributed by atoms with Gasteiger partial charge >= 0.3 is 21.1 Å². The Labute approximate surface area is 166 Å². The summed E-state index contributed by atoms with van der Waals surface area (Å²) in [6.07, 6.45) is 8.01. The van der Waals surface area contributed by atoms with Gasteiger partial charge in [-0.05, 0) is 31.6 Å². The fourth-order valence-electron chi connectivity index (χ4n) is 2.86. The monoisotopic (exact) mass is 506 g/mol.